The summed E-state index contributed by atoms with van der Waals surface area (Å²) in [4.78, 5) is 16.4. The van der Waals surface area contributed by atoms with E-state index in [0.29, 0.717) is 29.5 Å². The first-order valence-corrected chi connectivity index (χ1v) is 11.8. The first-order chi connectivity index (χ1) is 15.9. The molecule has 174 valence electrons. The van der Waals surface area contributed by atoms with Gasteiger partial charge in [0.2, 0.25) is 5.95 Å². The average Bonchev–Trinajstić information content (AvgIpc) is 3.56. The van der Waals surface area contributed by atoms with Gasteiger partial charge >= 0.3 is 0 Å². The number of aryl methyl sites for hydroxylation is 3. The highest BCUT2D eigenvalue weighted by molar-refractivity contribution is 6.32. The van der Waals surface area contributed by atoms with Gasteiger partial charge in [-0.2, -0.15) is 10.1 Å². The van der Waals surface area contributed by atoms with Crippen molar-refractivity contribution in [3.8, 4) is 0 Å². The summed E-state index contributed by atoms with van der Waals surface area (Å²) in [7, 11) is 1.93. The molecule has 1 saturated carbocycles. The third kappa shape index (κ3) is 4.74. The van der Waals surface area contributed by atoms with Crippen LogP contribution in [0.25, 0.3) is 0 Å². The maximum absolute atomic E-state index is 6.50. The summed E-state index contributed by atoms with van der Waals surface area (Å²) >= 11 is 6.50. The fourth-order valence-electron chi connectivity index (χ4n) is 4.20. The highest BCUT2D eigenvalue weighted by atomic mass is 35.5. The van der Waals surface area contributed by atoms with E-state index >= 15 is 0 Å². The number of nitrogens with zero attached hydrogens (tertiary/aromatic N) is 6. The standard InChI is InChI=1S/C23H30ClN9/c1-13-12-33(8-7-25-13)18-11-26-23(30-22(18)28-20-9-14(2)32(4)31-20)29-19-10-17(16-5-6-16)21(24)15(3)27-19/h9-11,13,16,25H,5-8,12H2,1-4H3,(H2,26,27,28,29,30,31). The second-order valence-corrected chi connectivity index (χ2v) is 9.42. The molecular weight excluding hydrogens is 438 g/mol. The van der Waals surface area contributed by atoms with Crippen LogP contribution < -0.4 is 20.9 Å². The Bertz CT molecular complexity index is 1150. The van der Waals surface area contributed by atoms with Crippen molar-refractivity contribution in [2.75, 3.05) is 35.2 Å². The second-order valence-electron chi connectivity index (χ2n) is 9.04. The largest absolute Gasteiger partial charge is 0.364 e. The zero-order valence-electron chi connectivity index (χ0n) is 19.5. The smallest absolute Gasteiger partial charge is 0.230 e. The van der Waals surface area contributed by atoms with Crippen molar-refractivity contribution in [1.29, 1.82) is 0 Å². The Balaban J connectivity index is 1.47. The molecule has 0 bridgehead atoms. The van der Waals surface area contributed by atoms with Crippen LogP contribution in [-0.4, -0.2) is 50.4 Å². The molecule has 0 spiro atoms. The average molecular weight is 468 g/mol. The lowest BCUT2D eigenvalue weighted by Gasteiger charge is -2.34. The summed E-state index contributed by atoms with van der Waals surface area (Å²) in [5, 5.41) is 15.5. The Hall–Kier alpha value is -2.91. The maximum atomic E-state index is 6.50. The van der Waals surface area contributed by atoms with Crippen LogP contribution in [0.2, 0.25) is 5.02 Å². The fraction of sp³-hybridized carbons (Fsp3) is 0.478. The number of nitrogens with one attached hydrogen (secondary N) is 3. The van der Waals surface area contributed by atoms with Gasteiger partial charge in [0, 0.05) is 44.5 Å². The molecule has 5 rings (SSSR count). The Labute approximate surface area is 199 Å². The monoisotopic (exact) mass is 467 g/mol. The number of hydrogen-bond acceptors (Lipinski definition) is 8. The van der Waals surface area contributed by atoms with Gasteiger partial charge in [-0.3, -0.25) is 4.68 Å². The van der Waals surface area contributed by atoms with Crippen molar-refractivity contribution in [3.63, 3.8) is 0 Å². The molecule has 4 heterocycles. The van der Waals surface area contributed by atoms with Crippen LogP contribution in [0.4, 0.5) is 29.1 Å². The third-order valence-corrected chi connectivity index (χ3v) is 6.74. The number of halogens is 1. The summed E-state index contributed by atoms with van der Waals surface area (Å²) in [6.45, 7) is 8.83. The molecule has 10 heteroatoms. The first kappa shape index (κ1) is 21.9. The minimum absolute atomic E-state index is 0.392. The Morgan fingerprint density at radius 2 is 1.94 bits per heavy atom. The van der Waals surface area contributed by atoms with Gasteiger partial charge in [-0.15, -0.1) is 0 Å². The number of anilines is 5. The van der Waals surface area contributed by atoms with E-state index in [1.54, 1.807) is 0 Å². The molecule has 1 unspecified atom stereocenters. The van der Waals surface area contributed by atoms with E-state index in [-0.39, 0.29) is 0 Å². The van der Waals surface area contributed by atoms with Crippen LogP contribution in [0, 0.1) is 13.8 Å². The summed E-state index contributed by atoms with van der Waals surface area (Å²) in [5.41, 5.74) is 3.99. The molecule has 9 nitrogen and oxygen atoms in total. The minimum atomic E-state index is 0.392. The summed E-state index contributed by atoms with van der Waals surface area (Å²) in [6, 6.07) is 4.42. The first-order valence-electron chi connectivity index (χ1n) is 11.4. The molecule has 3 N–H and O–H groups in total. The van der Waals surface area contributed by atoms with Gasteiger partial charge < -0.3 is 20.9 Å². The van der Waals surface area contributed by atoms with Gasteiger partial charge in [0.1, 0.15) is 5.82 Å². The number of pyridine rings is 1. The van der Waals surface area contributed by atoms with E-state index in [1.165, 1.54) is 12.8 Å². The molecule has 3 aromatic heterocycles. The SMILES string of the molecule is Cc1nc(Nc2ncc(N3CCNC(C)C3)c(Nc3cc(C)n(C)n3)n2)cc(C2CC2)c1Cl. The Kier molecular flexibility index (Phi) is 5.84. The highest BCUT2D eigenvalue weighted by Gasteiger charge is 2.27. The predicted octanol–water partition coefficient (Wildman–Crippen LogP) is 4.04. The molecule has 2 fully saturated rings. The van der Waals surface area contributed by atoms with Crippen molar-refractivity contribution < 1.29 is 0 Å². The molecule has 0 radical (unpaired) electrons. The van der Waals surface area contributed by atoms with E-state index in [4.69, 9.17) is 16.6 Å². The zero-order chi connectivity index (χ0) is 23.1. The lowest BCUT2D eigenvalue weighted by molar-refractivity contribution is 0.484. The van der Waals surface area contributed by atoms with Crippen molar-refractivity contribution in [2.45, 2.75) is 45.6 Å². The van der Waals surface area contributed by atoms with Crippen molar-refractivity contribution in [2.24, 2.45) is 7.05 Å². The van der Waals surface area contributed by atoms with E-state index in [1.807, 2.05) is 43.9 Å². The molecule has 33 heavy (non-hydrogen) atoms. The van der Waals surface area contributed by atoms with E-state index in [2.05, 4.69) is 42.8 Å². The van der Waals surface area contributed by atoms with Crippen LogP contribution in [-0.2, 0) is 7.05 Å². The van der Waals surface area contributed by atoms with Crippen LogP contribution in [0.1, 0.15) is 42.6 Å². The van der Waals surface area contributed by atoms with Gasteiger partial charge in [-0.1, -0.05) is 11.6 Å². The van der Waals surface area contributed by atoms with Crippen LogP contribution in [0.5, 0.6) is 0 Å². The Morgan fingerprint density at radius 1 is 1.12 bits per heavy atom. The minimum Gasteiger partial charge on any atom is -0.364 e. The molecule has 3 aromatic rings. The van der Waals surface area contributed by atoms with Gasteiger partial charge in [-0.05, 0) is 51.2 Å². The molecule has 1 atom stereocenters. The van der Waals surface area contributed by atoms with E-state index < -0.39 is 0 Å². The molecule has 2 aliphatic rings. The van der Waals surface area contributed by atoms with Crippen molar-refractivity contribution in [3.05, 3.63) is 40.3 Å². The van der Waals surface area contributed by atoms with Gasteiger partial charge in [-0.25, -0.2) is 9.97 Å². The molecule has 0 amide bonds. The normalized spacial score (nSPS) is 18.5. The second kappa shape index (κ2) is 8.79. The number of hydrogen-bond donors (Lipinski definition) is 3. The fourth-order valence-corrected chi connectivity index (χ4v) is 4.46. The number of piperazine rings is 1. The topological polar surface area (TPSA) is 95.8 Å². The van der Waals surface area contributed by atoms with Crippen molar-refractivity contribution in [1.82, 2.24) is 30.0 Å². The van der Waals surface area contributed by atoms with Crippen LogP contribution >= 0.6 is 11.6 Å². The predicted molar refractivity (Wildman–Crippen MR) is 132 cm³/mol. The summed E-state index contributed by atoms with van der Waals surface area (Å²) in [5.74, 6) is 3.19. The molecule has 1 saturated heterocycles. The van der Waals surface area contributed by atoms with E-state index in [9.17, 15) is 0 Å². The summed E-state index contributed by atoms with van der Waals surface area (Å²) in [6.07, 6.45) is 4.22. The molecular formula is C23H30ClN9. The quantitative estimate of drug-likeness (QED) is 0.500. The van der Waals surface area contributed by atoms with Gasteiger partial charge in [0.05, 0.1) is 22.6 Å². The third-order valence-electron chi connectivity index (χ3n) is 6.25. The molecule has 1 aliphatic heterocycles. The number of rotatable bonds is 6. The van der Waals surface area contributed by atoms with Gasteiger partial charge in [0.25, 0.3) is 0 Å². The van der Waals surface area contributed by atoms with Crippen LogP contribution in [0.15, 0.2) is 18.3 Å². The highest BCUT2D eigenvalue weighted by Crippen LogP contribution is 2.44. The molecule has 0 aromatic carbocycles. The lowest BCUT2D eigenvalue weighted by Crippen LogP contribution is -2.49. The van der Waals surface area contributed by atoms with Crippen LogP contribution in [0.3, 0.4) is 0 Å². The maximum Gasteiger partial charge on any atom is 0.230 e. The Morgan fingerprint density at radius 3 is 2.64 bits per heavy atom. The van der Waals surface area contributed by atoms with Gasteiger partial charge in [0.15, 0.2) is 11.6 Å². The lowest BCUT2D eigenvalue weighted by atomic mass is 10.1. The van der Waals surface area contributed by atoms with E-state index in [0.717, 1.165) is 53.1 Å². The summed E-state index contributed by atoms with van der Waals surface area (Å²) < 4.78 is 1.84. The molecule has 1 aliphatic carbocycles. The number of aromatic nitrogens is 5. The van der Waals surface area contributed by atoms with Crippen molar-refractivity contribution >= 4 is 40.7 Å². The zero-order valence-corrected chi connectivity index (χ0v) is 20.2.